The first-order valence-electron chi connectivity index (χ1n) is 7.90. The van der Waals surface area contributed by atoms with E-state index >= 15 is 0 Å². The Bertz CT molecular complexity index is 721. The molecule has 0 N–H and O–H groups in total. The molecule has 0 spiro atoms. The van der Waals surface area contributed by atoms with Crippen LogP contribution >= 0.6 is 0 Å². The fourth-order valence-electron chi connectivity index (χ4n) is 2.60. The van der Waals surface area contributed by atoms with Crippen molar-refractivity contribution in [2.24, 2.45) is 0 Å². The summed E-state index contributed by atoms with van der Waals surface area (Å²) in [7, 11) is 1.61. The topological polar surface area (TPSA) is 64.8 Å². The zero-order chi connectivity index (χ0) is 16.9. The van der Waals surface area contributed by atoms with E-state index in [-0.39, 0.29) is 18.6 Å². The Morgan fingerprint density at radius 1 is 1.33 bits per heavy atom. The number of oxazole rings is 1. The Morgan fingerprint density at radius 2 is 2.08 bits per heavy atom. The molecule has 0 unspecified atom stereocenters. The van der Waals surface area contributed by atoms with Crippen molar-refractivity contribution in [2.45, 2.75) is 26.0 Å². The summed E-state index contributed by atoms with van der Waals surface area (Å²) in [6.45, 7) is 2.83. The van der Waals surface area contributed by atoms with Crippen LogP contribution in [0.25, 0.3) is 0 Å². The molecule has 0 saturated heterocycles. The fourth-order valence-corrected chi connectivity index (χ4v) is 2.60. The van der Waals surface area contributed by atoms with Gasteiger partial charge in [-0.3, -0.25) is 4.79 Å². The summed E-state index contributed by atoms with van der Waals surface area (Å²) in [5, 5.41) is 0. The molecule has 0 aliphatic carbocycles. The van der Waals surface area contributed by atoms with Crippen molar-refractivity contribution in [3.63, 3.8) is 0 Å². The van der Waals surface area contributed by atoms with Crippen molar-refractivity contribution in [3.8, 4) is 11.5 Å². The fraction of sp³-hybridized carbons (Fsp3) is 0.333. The molecule has 0 fully saturated rings. The lowest BCUT2D eigenvalue weighted by Gasteiger charge is -2.22. The van der Waals surface area contributed by atoms with E-state index in [2.05, 4.69) is 11.9 Å². The van der Waals surface area contributed by atoms with Gasteiger partial charge in [0.25, 0.3) is 5.91 Å². The van der Waals surface area contributed by atoms with Gasteiger partial charge in [0.15, 0.2) is 12.3 Å². The Morgan fingerprint density at radius 3 is 2.79 bits per heavy atom. The van der Waals surface area contributed by atoms with Crippen LogP contribution in [0, 0.1) is 0 Å². The Balaban J connectivity index is 1.59. The van der Waals surface area contributed by atoms with Crippen molar-refractivity contribution >= 4 is 5.91 Å². The molecule has 1 amide bonds. The summed E-state index contributed by atoms with van der Waals surface area (Å²) >= 11 is 0. The van der Waals surface area contributed by atoms with Crippen LogP contribution in [0.5, 0.6) is 11.5 Å². The van der Waals surface area contributed by atoms with E-state index in [1.807, 2.05) is 24.3 Å². The van der Waals surface area contributed by atoms with Crippen LogP contribution in [0.4, 0.5) is 0 Å². The minimum absolute atomic E-state index is 0.119. The largest absolute Gasteiger partial charge is 0.497 e. The highest BCUT2D eigenvalue weighted by Crippen LogP contribution is 2.19. The van der Waals surface area contributed by atoms with Crippen LogP contribution in [0.2, 0.25) is 0 Å². The molecule has 3 rings (SSSR count). The van der Waals surface area contributed by atoms with Gasteiger partial charge in [0.2, 0.25) is 5.89 Å². The molecule has 0 bridgehead atoms. The predicted molar refractivity (Wildman–Crippen MR) is 88.1 cm³/mol. The summed E-state index contributed by atoms with van der Waals surface area (Å²) in [6, 6.07) is 7.36. The van der Waals surface area contributed by atoms with Crippen LogP contribution in [0.1, 0.15) is 29.7 Å². The number of carbonyl (C=O) groups is 1. The van der Waals surface area contributed by atoms with Crippen LogP contribution < -0.4 is 9.47 Å². The maximum atomic E-state index is 12.5. The molecular weight excluding hydrogens is 308 g/mol. The van der Waals surface area contributed by atoms with Gasteiger partial charge in [0, 0.05) is 6.54 Å². The first kappa shape index (κ1) is 16.1. The number of ether oxygens (including phenoxy) is 2. The molecule has 24 heavy (non-hydrogen) atoms. The number of methoxy groups -OCH3 is 1. The molecule has 6 heteroatoms. The number of hydrogen-bond acceptors (Lipinski definition) is 5. The predicted octanol–water partition coefficient (Wildman–Crippen LogP) is 3.05. The summed E-state index contributed by atoms with van der Waals surface area (Å²) in [6.07, 6.45) is 6.32. The minimum atomic E-state index is -0.119. The monoisotopic (exact) mass is 328 g/mol. The van der Waals surface area contributed by atoms with Gasteiger partial charge in [-0.2, -0.15) is 0 Å². The van der Waals surface area contributed by atoms with Crippen molar-refractivity contribution in [1.29, 1.82) is 0 Å². The van der Waals surface area contributed by atoms with Crippen LogP contribution in [0.3, 0.4) is 0 Å². The number of nitrogens with zero attached hydrogens (tertiary/aromatic N) is 2. The van der Waals surface area contributed by atoms with Gasteiger partial charge in [0.1, 0.15) is 17.8 Å². The number of rotatable bonds is 6. The van der Waals surface area contributed by atoms with E-state index in [1.165, 1.54) is 6.26 Å². The molecule has 6 nitrogen and oxygen atoms in total. The number of benzene rings is 1. The third-order valence-corrected chi connectivity index (χ3v) is 3.93. The van der Waals surface area contributed by atoms with Crippen molar-refractivity contribution in [1.82, 2.24) is 9.88 Å². The number of aromatic nitrogens is 1. The van der Waals surface area contributed by atoms with Gasteiger partial charge >= 0.3 is 0 Å². The maximum absolute atomic E-state index is 12.5. The molecule has 0 saturated carbocycles. The molecule has 1 aliphatic rings. The zero-order valence-corrected chi connectivity index (χ0v) is 13.8. The van der Waals surface area contributed by atoms with Crippen molar-refractivity contribution in [3.05, 3.63) is 54.3 Å². The van der Waals surface area contributed by atoms with Crippen LogP contribution in [-0.2, 0) is 6.61 Å². The third kappa shape index (κ3) is 3.42. The zero-order valence-electron chi connectivity index (χ0n) is 13.8. The van der Waals surface area contributed by atoms with E-state index in [1.54, 1.807) is 24.1 Å². The van der Waals surface area contributed by atoms with Gasteiger partial charge in [-0.05, 0) is 30.7 Å². The summed E-state index contributed by atoms with van der Waals surface area (Å²) in [5.41, 5.74) is 0.311. The van der Waals surface area contributed by atoms with Crippen molar-refractivity contribution < 1.29 is 18.7 Å². The molecule has 1 aromatic carbocycles. The van der Waals surface area contributed by atoms with E-state index < -0.39 is 0 Å². The first-order valence-corrected chi connectivity index (χ1v) is 7.90. The Kier molecular flexibility index (Phi) is 4.84. The van der Waals surface area contributed by atoms with Crippen LogP contribution in [-0.4, -0.2) is 35.5 Å². The Hall–Kier alpha value is -2.76. The second-order valence-corrected chi connectivity index (χ2v) is 5.45. The first-order chi connectivity index (χ1) is 11.7. The van der Waals surface area contributed by atoms with Crippen molar-refractivity contribution in [2.75, 3.05) is 13.7 Å². The highest BCUT2D eigenvalue weighted by molar-refractivity contribution is 5.92. The number of amides is 1. The molecule has 2 aromatic rings. The highest BCUT2D eigenvalue weighted by Gasteiger charge is 2.26. The molecule has 1 atom stereocenters. The van der Waals surface area contributed by atoms with Crippen LogP contribution in [0.15, 0.2) is 47.1 Å². The smallest absolute Gasteiger partial charge is 0.276 e. The summed E-state index contributed by atoms with van der Waals surface area (Å²) in [4.78, 5) is 18.5. The SMILES string of the molecule is CC[C@H]1C=CCN1C(=O)c1coc(COc2ccc(OC)cc2)n1. The van der Waals surface area contributed by atoms with E-state index in [0.717, 1.165) is 12.2 Å². The van der Waals surface area contributed by atoms with Gasteiger partial charge in [-0.15, -0.1) is 0 Å². The maximum Gasteiger partial charge on any atom is 0.276 e. The summed E-state index contributed by atoms with van der Waals surface area (Å²) < 4.78 is 16.1. The number of carbonyl (C=O) groups excluding carboxylic acids is 1. The summed E-state index contributed by atoms with van der Waals surface area (Å²) in [5.74, 6) is 1.69. The lowest BCUT2D eigenvalue weighted by atomic mass is 10.2. The molecule has 2 heterocycles. The second-order valence-electron chi connectivity index (χ2n) is 5.45. The molecular formula is C18H20N2O4. The lowest BCUT2D eigenvalue weighted by Crippen LogP contribution is -2.35. The average Bonchev–Trinajstić information content (AvgIpc) is 3.29. The molecule has 1 aliphatic heterocycles. The standard InChI is InChI=1S/C18H20N2O4/c1-3-13-5-4-10-20(13)18(21)16-11-24-17(19-16)12-23-15-8-6-14(22-2)7-9-15/h4-9,11,13H,3,10,12H2,1-2H3/t13-/m0/s1. The minimum Gasteiger partial charge on any atom is -0.497 e. The molecule has 1 aromatic heterocycles. The van der Waals surface area contributed by atoms with Gasteiger partial charge in [0.05, 0.1) is 13.2 Å². The van der Waals surface area contributed by atoms with E-state index in [0.29, 0.717) is 23.9 Å². The second kappa shape index (κ2) is 7.21. The highest BCUT2D eigenvalue weighted by atomic mass is 16.5. The van der Waals surface area contributed by atoms with E-state index in [4.69, 9.17) is 13.9 Å². The van der Waals surface area contributed by atoms with Gasteiger partial charge in [-0.1, -0.05) is 19.1 Å². The Labute approximate surface area is 140 Å². The molecule has 0 radical (unpaired) electrons. The van der Waals surface area contributed by atoms with Gasteiger partial charge < -0.3 is 18.8 Å². The third-order valence-electron chi connectivity index (χ3n) is 3.93. The number of hydrogen-bond donors (Lipinski definition) is 0. The lowest BCUT2D eigenvalue weighted by molar-refractivity contribution is 0.0741. The molecule has 126 valence electrons. The van der Waals surface area contributed by atoms with Gasteiger partial charge in [-0.25, -0.2) is 4.98 Å². The average molecular weight is 328 g/mol. The quantitative estimate of drug-likeness (QED) is 0.763. The normalized spacial score (nSPS) is 16.4. The van der Waals surface area contributed by atoms with E-state index in [9.17, 15) is 4.79 Å².